The summed E-state index contributed by atoms with van der Waals surface area (Å²) in [6.07, 6.45) is 9.62. The minimum Gasteiger partial charge on any atom is -0.377 e. The maximum atomic E-state index is 11.8. The molecule has 0 saturated carbocycles. The number of ether oxygens (including phenoxy) is 1. The van der Waals surface area contributed by atoms with Gasteiger partial charge >= 0.3 is 0 Å². The molecule has 3 saturated heterocycles. The summed E-state index contributed by atoms with van der Waals surface area (Å²) < 4.78 is 7.83. The summed E-state index contributed by atoms with van der Waals surface area (Å²) in [7, 11) is 0. The topological polar surface area (TPSA) is 50.6 Å². The molecule has 4 rings (SSSR count). The smallest absolute Gasteiger partial charge is 0.227 e. The average molecular weight is 304 g/mol. The van der Waals surface area contributed by atoms with E-state index in [-0.39, 0.29) is 5.91 Å². The molecule has 0 spiro atoms. The molecule has 3 aliphatic rings. The third kappa shape index (κ3) is 2.77. The van der Waals surface area contributed by atoms with Crippen molar-refractivity contribution in [3.8, 4) is 0 Å². The Morgan fingerprint density at radius 3 is 2.91 bits per heavy atom. The van der Waals surface area contributed by atoms with Crippen molar-refractivity contribution in [1.82, 2.24) is 14.7 Å². The van der Waals surface area contributed by atoms with Crippen LogP contribution in [0.2, 0.25) is 0 Å². The van der Waals surface area contributed by atoms with Gasteiger partial charge in [0.1, 0.15) is 0 Å². The predicted molar refractivity (Wildman–Crippen MR) is 82.9 cm³/mol. The number of rotatable bonds is 4. The van der Waals surface area contributed by atoms with Gasteiger partial charge in [-0.3, -0.25) is 14.4 Å². The van der Waals surface area contributed by atoms with Crippen LogP contribution in [-0.2, 0) is 9.53 Å². The van der Waals surface area contributed by atoms with Gasteiger partial charge in [0, 0.05) is 45.4 Å². The first-order chi connectivity index (χ1) is 10.8. The Morgan fingerprint density at radius 1 is 1.27 bits per heavy atom. The number of carbonyl (C=O) groups excluding carboxylic acids is 1. The number of aromatic nitrogens is 2. The molecule has 6 heteroatoms. The molecule has 0 N–H and O–H groups in total. The Hall–Kier alpha value is -1.40. The van der Waals surface area contributed by atoms with Gasteiger partial charge in [-0.2, -0.15) is 5.10 Å². The van der Waals surface area contributed by atoms with Crippen LogP contribution in [0.5, 0.6) is 0 Å². The Morgan fingerprint density at radius 2 is 2.18 bits per heavy atom. The average Bonchev–Trinajstić information content (AvgIpc) is 3.12. The SMILES string of the molecule is O=C1CCCN1c1cnn(C2CN(CC3CCCCO3)C2)c1. The van der Waals surface area contributed by atoms with E-state index in [9.17, 15) is 4.79 Å². The lowest BCUT2D eigenvalue weighted by Crippen LogP contribution is -2.51. The summed E-state index contributed by atoms with van der Waals surface area (Å²) >= 11 is 0. The molecular weight excluding hydrogens is 280 g/mol. The lowest BCUT2D eigenvalue weighted by atomic mass is 10.0. The van der Waals surface area contributed by atoms with Gasteiger partial charge in [0.15, 0.2) is 0 Å². The first-order valence-corrected chi connectivity index (χ1v) is 8.48. The lowest BCUT2D eigenvalue weighted by molar-refractivity contribution is -0.117. The lowest BCUT2D eigenvalue weighted by Gasteiger charge is -2.41. The molecular formula is C16H24N4O2. The van der Waals surface area contributed by atoms with Gasteiger partial charge in [0.25, 0.3) is 0 Å². The fraction of sp³-hybridized carbons (Fsp3) is 0.750. The summed E-state index contributed by atoms with van der Waals surface area (Å²) in [4.78, 5) is 16.1. The van der Waals surface area contributed by atoms with E-state index in [0.29, 0.717) is 18.6 Å². The molecule has 0 radical (unpaired) electrons. The number of amides is 1. The van der Waals surface area contributed by atoms with Gasteiger partial charge in [-0.15, -0.1) is 0 Å². The van der Waals surface area contributed by atoms with E-state index in [1.165, 1.54) is 19.3 Å². The second-order valence-electron chi connectivity index (χ2n) is 6.69. The second kappa shape index (κ2) is 6.01. The Labute approximate surface area is 131 Å². The Kier molecular flexibility index (Phi) is 3.88. The van der Waals surface area contributed by atoms with Crippen molar-refractivity contribution in [1.29, 1.82) is 0 Å². The van der Waals surface area contributed by atoms with E-state index >= 15 is 0 Å². The predicted octanol–water partition coefficient (Wildman–Crippen LogP) is 1.44. The molecule has 22 heavy (non-hydrogen) atoms. The third-order valence-corrected chi connectivity index (χ3v) is 5.02. The highest BCUT2D eigenvalue weighted by Gasteiger charge is 2.32. The van der Waals surface area contributed by atoms with E-state index in [1.54, 1.807) is 0 Å². The number of hydrogen-bond donors (Lipinski definition) is 0. The summed E-state index contributed by atoms with van der Waals surface area (Å²) in [5.41, 5.74) is 0.955. The van der Waals surface area contributed by atoms with Crippen LogP contribution >= 0.6 is 0 Å². The minimum atomic E-state index is 0.226. The molecule has 1 aromatic rings. The fourth-order valence-electron chi connectivity index (χ4n) is 3.69. The van der Waals surface area contributed by atoms with Crippen molar-refractivity contribution in [3.05, 3.63) is 12.4 Å². The molecule has 0 aromatic carbocycles. The van der Waals surface area contributed by atoms with Crippen molar-refractivity contribution in [3.63, 3.8) is 0 Å². The standard InChI is InChI=1S/C16H24N4O2/c21-16-5-3-6-19(16)13-8-17-20(11-13)14-9-18(10-14)12-15-4-1-2-7-22-15/h8,11,14-15H,1-7,9-10,12H2. The first-order valence-electron chi connectivity index (χ1n) is 8.48. The van der Waals surface area contributed by atoms with E-state index in [4.69, 9.17) is 4.74 Å². The molecule has 3 fully saturated rings. The molecule has 120 valence electrons. The van der Waals surface area contributed by atoms with Gasteiger partial charge in [-0.25, -0.2) is 0 Å². The van der Waals surface area contributed by atoms with Crippen LogP contribution in [-0.4, -0.2) is 59.5 Å². The molecule has 1 aromatic heterocycles. The molecule has 4 heterocycles. The van der Waals surface area contributed by atoms with Gasteiger partial charge in [0.2, 0.25) is 5.91 Å². The fourth-order valence-corrected chi connectivity index (χ4v) is 3.69. The zero-order valence-corrected chi connectivity index (χ0v) is 13.0. The summed E-state index contributed by atoms with van der Waals surface area (Å²) in [6.45, 7) is 4.88. The zero-order valence-electron chi connectivity index (χ0n) is 13.0. The summed E-state index contributed by atoms with van der Waals surface area (Å²) in [5, 5.41) is 4.46. The molecule has 1 atom stereocenters. The highest BCUT2D eigenvalue weighted by molar-refractivity contribution is 5.95. The van der Waals surface area contributed by atoms with Gasteiger partial charge in [0.05, 0.1) is 24.0 Å². The van der Waals surface area contributed by atoms with Crippen LogP contribution < -0.4 is 4.90 Å². The van der Waals surface area contributed by atoms with E-state index in [1.807, 2.05) is 22.0 Å². The van der Waals surface area contributed by atoms with E-state index in [0.717, 1.165) is 44.9 Å². The maximum Gasteiger partial charge on any atom is 0.227 e. The van der Waals surface area contributed by atoms with Crippen LogP contribution in [0.4, 0.5) is 5.69 Å². The molecule has 3 aliphatic heterocycles. The normalized spacial score (nSPS) is 27.4. The van der Waals surface area contributed by atoms with Crippen LogP contribution in [0, 0.1) is 0 Å². The first kappa shape index (κ1) is 14.2. The Bertz CT molecular complexity index is 532. The van der Waals surface area contributed by atoms with Crippen molar-refractivity contribution in [2.75, 3.05) is 37.7 Å². The third-order valence-electron chi connectivity index (χ3n) is 5.02. The minimum absolute atomic E-state index is 0.226. The van der Waals surface area contributed by atoms with Gasteiger partial charge in [-0.1, -0.05) is 0 Å². The molecule has 1 unspecified atom stereocenters. The van der Waals surface area contributed by atoms with E-state index < -0.39 is 0 Å². The number of carbonyl (C=O) groups is 1. The van der Waals surface area contributed by atoms with Crippen molar-refractivity contribution < 1.29 is 9.53 Å². The van der Waals surface area contributed by atoms with Crippen molar-refractivity contribution in [2.45, 2.75) is 44.2 Å². The van der Waals surface area contributed by atoms with Crippen LogP contribution in [0.15, 0.2) is 12.4 Å². The van der Waals surface area contributed by atoms with Crippen molar-refractivity contribution in [2.24, 2.45) is 0 Å². The van der Waals surface area contributed by atoms with Crippen LogP contribution in [0.1, 0.15) is 38.1 Å². The maximum absolute atomic E-state index is 11.8. The van der Waals surface area contributed by atoms with Crippen LogP contribution in [0.3, 0.4) is 0 Å². The number of hydrogen-bond acceptors (Lipinski definition) is 4. The van der Waals surface area contributed by atoms with Gasteiger partial charge < -0.3 is 9.64 Å². The number of likely N-dealkylation sites (tertiary alicyclic amines) is 1. The molecule has 0 bridgehead atoms. The van der Waals surface area contributed by atoms with Crippen molar-refractivity contribution >= 4 is 11.6 Å². The largest absolute Gasteiger partial charge is 0.377 e. The quantitative estimate of drug-likeness (QED) is 0.844. The highest BCUT2D eigenvalue weighted by Crippen LogP contribution is 2.26. The zero-order chi connectivity index (χ0) is 14.9. The molecule has 6 nitrogen and oxygen atoms in total. The van der Waals surface area contributed by atoms with Gasteiger partial charge in [-0.05, 0) is 25.7 Å². The van der Waals surface area contributed by atoms with E-state index in [2.05, 4.69) is 10.00 Å². The summed E-state index contributed by atoms with van der Waals surface area (Å²) in [5.74, 6) is 0.226. The molecule has 0 aliphatic carbocycles. The molecule has 1 amide bonds. The monoisotopic (exact) mass is 304 g/mol. The summed E-state index contributed by atoms with van der Waals surface area (Å²) in [6, 6.07) is 0.440. The number of nitrogens with zero attached hydrogens (tertiary/aromatic N) is 4. The highest BCUT2D eigenvalue weighted by atomic mass is 16.5. The Balaban J connectivity index is 1.29. The number of anilines is 1. The second-order valence-corrected chi connectivity index (χ2v) is 6.69. The van der Waals surface area contributed by atoms with Crippen LogP contribution in [0.25, 0.3) is 0 Å².